The second kappa shape index (κ2) is 14.9. The molecule has 2 spiro atoms. The number of anilines is 2. The highest BCUT2D eigenvalue weighted by Gasteiger charge is 2.44. The Morgan fingerprint density at radius 2 is 1.36 bits per heavy atom. The first-order valence-corrected chi connectivity index (χ1v) is 19.6. The monoisotopic (exact) mass is 734 g/mol. The fraction of sp³-hybridized carbons (Fsp3) is 0.450. The van der Waals surface area contributed by atoms with Gasteiger partial charge in [-0.1, -0.05) is 36.4 Å². The summed E-state index contributed by atoms with van der Waals surface area (Å²) in [5.74, 6) is 4.54. The number of para-hydroxylation sites is 2. The number of aliphatic imine (C=N–C) groups is 1. The number of nitrogens with one attached hydrogen (secondary N) is 1. The lowest BCUT2D eigenvalue weighted by Gasteiger charge is -2.38. The van der Waals surface area contributed by atoms with Gasteiger partial charge in [0.25, 0.3) is 5.91 Å². The number of aliphatic hydroxyl groups excluding tert-OH is 1. The summed E-state index contributed by atoms with van der Waals surface area (Å²) in [4.78, 5) is 21.2. The molecule has 13 heteroatoms. The first kappa shape index (κ1) is 35.3. The summed E-state index contributed by atoms with van der Waals surface area (Å²) in [6.07, 6.45) is 4.19. The molecule has 2 atom stereocenters. The molecule has 0 radical (unpaired) electrons. The quantitative estimate of drug-likeness (QED) is 0.283. The van der Waals surface area contributed by atoms with Gasteiger partial charge in [0.1, 0.15) is 22.2 Å². The number of ether oxygens (including phenoxy) is 2. The minimum Gasteiger partial charge on any atom is -0.492 e. The number of fused-ring (bicyclic) bond motifs is 4. The van der Waals surface area contributed by atoms with Gasteiger partial charge in [0, 0.05) is 59.9 Å². The van der Waals surface area contributed by atoms with Crippen molar-refractivity contribution in [2.24, 2.45) is 4.99 Å². The third-order valence-electron chi connectivity index (χ3n) is 11.2. The highest BCUT2D eigenvalue weighted by molar-refractivity contribution is 8.14. The molecule has 1 amide bonds. The molecule has 7 heterocycles. The molecule has 276 valence electrons. The van der Waals surface area contributed by atoms with E-state index in [0.29, 0.717) is 6.04 Å². The minimum atomic E-state index is -0.326. The van der Waals surface area contributed by atoms with E-state index in [1.165, 1.54) is 11.1 Å². The van der Waals surface area contributed by atoms with Crippen LogP contribution in [0.2, 0.25) is 0 Å². The van der Waals surface area contributed by atoms with E-state index in [1.54, 1.807) is 24.8 Å². The van der Waals surface area contributed by atoms with Crippen molar-refractivity contribution in [1.82, 2.24) is 25.7 Å². The van der Waals surface area contributed by atoms with Crippen LogP contribution in [-0.2, 0) is 10.8 Å². The Bertz CT molecular complexity index is 1940. The Kier molecular flexibility index (Phi) is 9.95. The lowest BCUT2D eigenvalue weighted by Crippen LogP contribution is -2.44. The van der Waals surface area contributed by atoms with Gasteiger partial charge in [-0.3, -0.25) is 9.79 Å². The molecule has 9 rings (SSSR count). The summed E-state index contributed by atoms with van der Waals surface area (Å²) >= 11 is 1.77. The number of aromatic nitrogens is 4. The van der Waals surface area contributed by atoms with Gasteiger partial charge in [-0.15, -0.1) is 32.2 Å². The maximum Gasteiger partial charge on any atom is 0.272 e. The number of amides is 1. The molecule has 0 bridgehead atoms. The van der Waals surface area contributed by atoms with Gasteiger partial charge in [-0.2, -0.15) is 0 Å². The number of carbonyl (C=O) groups excluding carboxylic acids is 1. The van der Waals surface area contributed by atoms with Gasteiger partial charge in [0.15, 0.2) is 17.3 Å². The Morgan fingerprint density at radius 3 is 1.83 bits per heavy atom. The zero-order chi connectivity index (χ0) is 36.4. The molecule has 53 heavy (non-hydrogen) atoms. The number of hydrogen-bond acceptors (Lipinski definition) is 12. The predicted molar refractivity (Wildman–Crippen MR) is 207 cm³/mol. The molecule has 2 unspecified atom stereocenters. The molecular formula is C40H46N8O4S. The summed E-state index contributed by atoms with van der Waals surface area (Å²) in [6.45, 7) is 9.02. The van der Waals surface area contributed by atoms with E-state index in [-0.39, 0.29) is 35.1 Å². The third kappa shape index (κ3) is 7.16. The maximum atomic E-state index is 12.0. The largest absolute Gasteiger partial charge is 0.492 e. The average Bonchev–Trinajstić information content (AvgIpc) is 3.92. The lowest BCUT2D eigenvalue weighted by molar-refractivity contribution is 0.0916. The van der Waals surface area contributed by atoms with Gasteiger partial charge in [0.05, 0.1) is 25.9 Å². The zero-order valence-corrected chi connectivity index (χ0v) is 31.1. The van der Waals surface area contributed by atoms with Crippen molar-refractivity contribution < 1.29 is 19.4 Å². The van der Waals surface area contributed by atoms with Crippen molar-refractivity contribution >= 4 is 34.3 Å². The van der Waals surface area contributed by atoms with E-state index in [2.05, 4.69) is 96.0 Å². The summed E-state index contributed by atoms with van der Waals surface area (Å²) in [5.41, 5.74) is 4.12. The van der Waals surface area contributed by atoms with Crippen LogP contribution in [0.3, 0.4) is 0 Å². The first-order valence-electron chi connectivity index (χ1n) is 18.6. The minimum absolute atomic E-state index is 0.0980. The first-order chi connectivity index (χ1) is 25.8. The number of thioether (sulfide) groups is 1. The summed E-state index contributed by atoms with van der Waals surface area (Å²) in [5, 5.41) is 29.9. The normalized spacial score (nSPS) is 21.1. The lowest BCUT2D eigenvalue weighted by atomic mass is 9.74. The van der Waals surface area contributed by atoms with E-state index in [9.17, 15) is 4.79 Å². The summed E-state index contributed by atoms with van der Waals surface area (Å²) in [7, 11) is 0. The number of benzene rings is 2. The molecular weight excluding hydrogens is 689 g/mol. The van der Waals surface area contributed by atoms with Crippen LogP contribution in [0, 0.1) is 0 Å². The van der Waals surface area contributed by atoms with Crippen LogP contribution in [0.1, 0.15) is 66.8 Å². The molecule has 2 N–H and O–H groups in total. The molecule has 12 nitrogen and oxygen atoms in total. The van der Waals surface area contributed by atoms with E-state index >= 15 is 0 Å². The van der Waals surface area contributed by atoms with Gasteiger partial charge >= 0.3 is 0 Å². The Labute approximate surface area is 314 Å². The molecule has 2 saturated heterocycles. The van der Waals surface area contributed by atoms with Crippen LogP contribution in [0.25, 0.3) is 0 Å². The molecule has 2 aromatic heterocycles. The van der Waals surface area contributed by atoms with Crippen LogP contribution in [-0.4, -0.2) is 100 Å². The second-order valence-corrected chi connectivity index (χ2v) is 15.8. The Balaban J connectivity index is 0.000000151. The van der Waals surface area contributed by atoms with Crippen LogP contribution >= 0.6 is 11.8 Å². The maximum absolute atomic E-state index is 12.0. The van der Waals surface area contributed by atoms with Gasteiger partial charge in [-0.25, -0.2) is 0 Å². The highest BCUT2D eigenvalue weighted by atomic mass is 32.2. The topological polar surface area (TPSA) is 138 Å². The van der Waals surface area contributed by atoms with Crippen LogP contribution in [0.15, 0.2) is 77.8 Å². The third-order valence-corrected chi connectivity index (χ3v) is 12.5. The fourth-order valence-electron chi connectivity index (χ4n) is 7.98. The second-order valence-electron chi connectivity index (χ2n) is 14.8. The molecule has 2 fully saturated rings. The Hall–Kier alpha value is -4.75. The van der Waals surface area contributed by atoms with Crippen molar-refractivity contribution in [3.8, 4) is 11.5 Å². The standard InChI is InChI=1S/C20H24N4O3.C20H22N4OS/c1-14(12-25)21-19(26)16-6-7-18(23-22-16)24-10-8-20(9-11-24)13-27-17-5-3-2-4-15(17)20;1-14-12-26-19(21-14)16-6-7-18(23-22-16)24-10-8-20(9-11-24)13-25-17-5-3-2-4-15(17)20/h2-7,14,25H,8-13H2,1H3,(H,21,26);2-7,14H,8-13H2,1H3. The van der Waals surface area contributed by atoms with E-state index in [0.717, 1.165) is 105 Å². The smallest absolute Gasteiger partial charge is 0.272 e. The number of aliphatic hydroxyl groups is 1. The zero-order valence-electron chi connectivity index (χ0n) is 30.3. The van der Waals surface area contributed by atoms with Crippen molar-refractivity contribution in [2.75, 3.05) is 61.6 Å². The number of piperidine rings is 2. The van der Waals surface area contributed by atoms with E-state index in [1.807, 2.05) is 18.2 Å². The van der Waals surface area contributed by atoms with Crippen LogP contribution < -0.4 is 24.6 Å². The molecule has 2 aromatic carbocycles. The van der Waals surface area contributed by atoms with Gasteiger partial charge in [-0.05, 0) is 75.9 Å². The summed E-state index contributed by atoms with van der Waals surface area (Å²) < 4.78 is 11.9. The van der Waals surface area contributed by atoms with Crippen LogP contribution in [0.5, 0.6) is 11.5 Å². The molecule has 0 saturated carbocycles. The van der Waals surface area contributed by atoms with Crippen LogP contribution in [0.4, 0.5) is 11.6 Å². The molecule has 0 aliphatic carbocycles. The van der Waals surface area contributed by atoms with E-state index in [4.69, 9.17) is 14.6 Å². The van der Waals surface area contributed by atoms with Crippen molar-refractivity contribution in [3.63, 3.8) is 0 Å². The van der Waals surface area contributed by atoms with Crippen molar-refractivity contribution in [2.45, 2.75) is 62.4 Å². The number of nitrogens with zero attached hydrogens (tertiary/aromatic N) is 7. The molecule has 5 aliphatic heterocycles. The Morgan fingerprint density at radius 1 is 0.811 bits per heavy atom. The highest BCUT2D eigenvalue weighted by Crippen LogP contribution is 2.47. The number of carbonyl (C=O) groups is 1. The summed E-state index contributed by atoms with van der Waals surface area (Å²) in [6, 6.07) is 24.5. The molecule has 5 aliphatic rings. The predicted octanol–water partition coefficient (Wildman–Crippen LogP) is 4.81. The molecule has 4 aromatic rings. The van der Waals surface area contributed by atoms with Crippen molar-refractivity contribution in [3.05, 3.63) is 95.3 Å². The average molecular weight is 735 g/mol. The van der Waals surface area contributed by atoms with Crippen molar-refractivity contribution in [1.29, 1.82) is 0 Å². The van der Waals surface area contributed by atoms with Gasteiger partial charge in [0.2, 0.25) is 0 Å². The SMILES string of the molecule is CC(CO)NC(=O)c1ccc(N2CCC3(CC2)COc2ccccc23)nn1.CC1CSC(c2ccc(N3CCC4(CC3)COc3ccccc34)nn2)=N1. The van der Waals surface area contributed by atoms with E-state index < -0.39 is 0 Å². The number of hydrogen-bond donors (Lipinski definition) is 2. The van der Waals surface area contributed by atoms with Gasteiger partial charge < -0.3 is 29.7 Å². The fourth-order valence-corrected chi connectivity index (χ4v) is 8.97. The number of rotatable bonds is 6.